The zero-order valence-corrected chi connectivity index (χ0v) is 12.3. The van der Waals surface area contributed by atoms with Gasteiger partial charge in [-0.15, -0.1) is 0 Å². The molecular weight excluding hydrogens is 332 g/mol. The fourth-order valence-electron chi connectivity index (χ4n) is 1.51. The Hall–Kier alpha value is -1.59. The standard InChI is InChI=1S/C13H10BrClN2O2/c1-19-12-7-16-5-4-9(12)13(18)17-11-6-8(15)2-3-10(11)14/h2-7H,1H3,(H,17,18). The highest BCUT2D eigenvalue weighted by Crippen LogP contribution is 2.27. The maximum Gasteiger partial charge on any atom is 0.259 e. The van der Waals surface area contributed by atoms with Crippen LogP contribution in [0.1, 0.15) is 10.4 Å². The highest BCUT2D eigenvalue weighted by atomic mass is 79.9. The third-order valence-electron chi connectivity index (χ3n) is 2.43. The van der Waals surface area contributed by atoms with E-state index in [1.165, 1.54) is 19.5 Å². The van der Waals surface area contributed by atoms with Crippen LogP contribution < -0.4 is 10.1 Å². The van der Waals surface area contributed by atoms with Gasteiger partial charge in [0.2, 0.25) is 0 Å². The molecular formula is C13H10BrClN2O2. The molecule has 0 atom stereocenters. The maximum atomic E-state index is 12.2. The molecule has 0 fully saturated rings. The predicted molar refractivity (Wildman–Crippen MR) is 77.9 cm³/mol. The summed E-state index contributed by atoms with van der Waals surface area (Å²) >= 11 is 9.25. The Kier molecular flexibility index (Phi) is 4.39. The van der Waals surface area contributed by atoms with E-state index in [9.17, 15) is 4.79 Å². The van der Waals surface area contributed by atoms with Crippen LogP contribution in [0.25, 0.3) is 0 Å². The van der Waals surface area contributed by atoms with Gasteiger partial charge in [0.1, 0.15) is 5.75 Å². The molecule has 0 spiro atoms. The predicted octanol–water partition coefficient (Wildman–Crippen LogP) is 3.76. The first-order valence-electron chi connectivity index (χ1n) is 5.36. The van der Waals surface area contributed by atoms with Crippen molar-refractivity contribution in [1.29, 1.82) is 0 Å². The molecule has 1 aromatic carbocycles. The van der Waals surface area contributed by atoms with Gasteiger partial charge < -0.3 is 10.1 Å². The minimum atomic E-state index is -0.290. The van der Waals surface area contributed by atoms with Crippen molar-refractivity contribution in [1.82, 2.24) is 4.98 Å². The van der Waals surface area contributed by atoms with Gasteiger partial charge in [-0.2, -0.15) is 0 Å². The first-order chi connectivity index (χ1) is 9.11. The molecule has 0 aliphatic rings. The molecule has 0 saturated carbocycles. The lowest BCUT2D eigenvalue weighted by Crippen LogP contribution is -2.13. The lowest BCUT2D eigenvalue weighted by Gasteiger charge is -2.10. The Morgan fingerprint density at radius 3 is 2.95 bits per heavy atom. The van der Waals surface area contributed by atoms with Gasteiger partial charge in [0.25, 0.3) is 5.91 Å². The van der Waals surface area contributed by atoms with E-state index < -0.39 is 0 Å². The molecule has 0 unspecified atom stereocenters. The highest BCUT2D eigenvalue weighted by Gasteiger charge is 2.13. The molecule has 1 heterocycles. The van der Waals surface area contributed by atoms with Gasteiger partial charge in [-0.3, -0.25) is 9.78 Å². The van der Waals surface area contributed by atoms with Crippen LogP contribution in [0.5, 0.6) is 5.75 Å². The average Bonchev–Trinajstić information content (AvgIpc) is 2.42. The topological polar surface area (TPSA) is 51.2 Å². The molecule has 6 heteroatoms. The lowest BCUT2D eigenvalue weighted by atomic mass is 10.2. The number of hydrogen-bond acceptors (Lipinski definition) is 3. The summed E-state index contributed by atoms with van der Waals surface area (Å²) in [6.07, 6.45) is 3.02. The van der Waals surface area contributed by atoms with Crippen molar-refractivity contribution in [2.75, 3.05) is 12.4 Å². The zero-order valence-electron chi connectivity index (χ0n) is 9.98. The number of anilines is 1. The van der Waals surface area contributed by atoms with Crippen LogP contribution in [-0.4, -0.2) is 18.0 Å². The second-order valence-corrected chi connectivity index (χ2v) is 4.95. The van der Waals surface area contributed by atoms with Crippen LogP contribution in [0.2, 0.25) is 5.02 Å². The number of carbonyl (C=O) groups is 1. The SMILES string of the molecule is COc1cnccc1C(=O)Nc1cc(Cl)ccc1Br. The second kappa shape index (κ2) is 6.04. The van der Waals surface area contributed by atoms with Gasteiger partial charge in [-0.1, -0.05) is 11.6 Å². The summed E-state index contributed by atoms with van der Waals surface area (Å²) in [6, 6.07) is 6.75. The Morgan fingerprint density at radius 1 is 1.42 bits per heavy atom. The van der Waals surface area contributed by atoms with E-state index in [-0.39, 0.29) is 5.91 Å². The van der Waals surface area contributed by atoms with Crippen molar-refractivity contribution in [2.24, 2.45) is 0 Å². The first kappa shape index (κ1) is 13.8. The second-order valence-electron chi connectivity index (χ2n) is 3.65. The summed E-state index contributed by atoms with van der Waals surface area (Å²) in [5.74, 6) is 0.125. The number of halogens is 2. The van der Waals surface area contributed by atoms with E-state index in [1.807, 2.05) is 0 Å². The molecule has 98 valence electrons. The summed E-state index contributed by atoms with van der Waals surface area (Å²) in [5, 5.41) is 3.31. The molecule has 2 aromatic rings. The fraction of sp³-hybridized carbons (Fsp3) is 0.0769. The minimum absolute atomic E-state index is 0.290. The molecule has 1 N–H and O–H groups in total. The summed E-state index contributed by atoms with van der Waals surface area (Å²) in [5.41, 5.74) is 1.00. The number of hydrogen-bond donors (Lipinski definition) is 1. The Bertz CT molecular complexity index is 619. The lowest BCUT2D eigenvalue weighted by molar-refractivity contribution is 0.102. The highest BCUT2D eigenvalue weighted by molar-refractivity contribution is 9.10. The number of amides is 1. The van der Waals surface area contributed by atoms with Crippen molar-refractivity contribution < 1.29 is 9.53 Å². The van der Waals surface area contributed by atoms with Crippen LogP contribution >= 0.6 is 27.5 Å². The maximum absolute atomic E-state index is 12.2. The Balaban J connectivity index is 2.28. The number of aromatic nitrogens is 1. The fourth-order valence-corrected chi connectivity index (χ4v) is 2.03. The van der Waals surface area contributed by atoms with E-state index in [0.717, 1.165) is 4.47 Å². The van der Waals surface area contributed by atoms with Crippen LogP contribution in [0.4, 0.5) is 5.69 Å². The van der Waals surface area contributed by atoms with E-state index >= 15 is 0 Å². The monoisotopic (exact) mass is 340 g/mol. The molecule has 1 amide bonds. The molecule has 0 saturated heterocycles. The number of carbonyl (C=O) groups excluding carboxylic acids is 1. The van der Waals surface area contributed by atoms with E-state index in [1.54, 1.807) is 24.3 Å². The Morgan fingerprint density at radius 2 is 2.21 bits per heavy atom. The number of methoxy groups -OCH3 is 1. The molecule has 4 nitrogen and oxygen atoms in total. The van der Waals surface area contributed by atoms with Gasteiger partial charge in [-0.05, 0) is 40.2 Å². The van der Waals surface area contributed by atoms with Gasteiger partial charge in [0.05, 0.1) is 24.6 Å². The number of nitrogens with zero attached hydrogens (tertiary/aromatic N) is 1. The van der Waals surface area contributed by atoms with Crippen LogP contribution in [-0.2, 0) is 0 Å². The number of nitrogens with one attached hydrogen (secondary N) is 1. The summed E-state index contributed by atoms with van der Waals surface area (Å²) in [4.78, 5) is 16.1. The molecule has 1 aromatic heterocycles. The van der Waals surface area contributed by atoms with Gasteiger partial charge >= 0.3 is 0 Å². The number of benzene rings is 1. The minimum Gasteiger partial charge on any atom is -0.494 e. The average molecular weight is 342 g/mol. The molecule has 0 aliphatic heterocycles. The van der Waals surface area contributed by atoms with Gasteiger partial charge in [0, 0.05) is 15.7 Å². The molecule has 19 heavy (non-hydrogen) atoms. The smallest absolute Gasteiger partial charge is 0.259 e. The third-order valence-corrected chi connectivity index (χ3v) is 3.35. The van der Waals surface area contributed by atoms with Crippen molar-refractivity contribution >= 4 is 39.1 Å². The van der Waals surface area contributed by atoms with Gasteiger partial charge in [0.15, 0.2) is 0 Å². The van der Waals surface area contributed by atoms with Crippen LogP contribution in [0.3, 0.4) is 0 Å². The third kappa shape index (κ3) is 3.24. The van der Waals surface area contributed by atoms with E-state index in [4.69, 9.17) is 16.3 Å². The van der Waals surface area contributed by atoms with Gasteiger partial charge in [-0.25, -0.2) is 0 Å². The normalized spacial score (nSPS) is 10.1. The number of rotatable bonds is 3. The first-order valence-corrected chi connectivity index (χ1v) is 6.53. The molecule has 0 bridgehead atoms. The van der Waals surface area contributed by atoms with E-state index in [0.29, 0.717) is 22.0 Å². The molecule has 2 rings (SSSR count). The van der Waals surface area contributed by atoms with Crippen molar-refractivity contribution in [2.45, 2.75) is 0 Å². The van der Waals surface area contributed by atoms with Crippen molar-refractivity contribution in [3.8, 4) is 5.75 Å². The number of ether oxygens (including phenoxy) is 1. The zero-order chi connectivity index (χ0) is 13.8. The van der Waals surface area contributed by atoms with E-state index in [2.05, 4.69) is 26.2 Å². The summed E-state index contributed by atoms with van der Waals surface area (Å²) < 4.78 is 5.85. The molecule has 0 aliphatic carbocycles. The van der Waals surface area contributed by atoms with Crippen LogP contribution in [0.15, 0.2) is 41.1 Å². The van der Waals surface area contributed by atoms with Crippen LogP contribution in [0, 0.1) is 0 Å². The summed E-state index contributed by atoms with van der Waals surface area (Å²) in [6.45, 7) is 0. The quantitative estimate of drug-likeness (QED) is 0.925. The molecule has 0 radical (unpaired) electrons. The summed E-state index contributed by atoms with van der Waals surface area (Å²) in [7, 11) is 1.49. The number of pyridine rings is 1. The largest absolute Gasteiger partial charge is 0.494 e. The van der Waals surface area contributed by atoms with Crippen molar-refractivity contribution in [3.05, 3.63) is 51.7 Å². The Labute approximate surface area is 123 Å². The van der Waals surface area contributed by atoms with Crippen molar-refractivity contribution in [3.63, 3.8) is 0 Å².